The molecule has 19 heavy (non-hydrogen) atoms. The van der Waals surface area contributed by atoms with Crippen LogP contribution in [0.2, 0.25) is 0 Å². The number of rotatable bonds is 4. The summed E-state index contributed by atoms with van der Waals surface area (Å²) < 4.78 is 0. The molecule has 1 aromatic carbocycles. The van der Waals surface area contributed by atoms with Gasteiger partial charge in [-0.15, -0.1) is 0 Å². The van der Waals surface area contributed by atoms with Crippen LogP contribution < -0.4 is 0 Å². The molecule has 0 radical (unpaired) electrons. The van der Waals surface area contributed by atoms with Crippen LogP contribution in [0.25, 0.3) is 0 Å². The van der Waals surface area contributed by atoms with Gasteiger partial charge in [0.15, 0.2) is 0 Å². The lowest BCUT2D eigenvalue weighted by atomic mass is 9.94. The highest BCUT2D eigenvalue weighted by atomic mass is 16.7. The Labute approximate surface area is 113 Å². The molecule has 1 aliphatic rings. The Morgan fingerprint density at radius 3 is 2.53 bits per heavy atom. The van der Waals surface area contributed by atoms with Gasteiger partial charge in [0.2, 0.25) is 5.60 Å². The van der Waals surface area contributed by atoms with Crippen LogP contribution in [0.4, 0.5) is 0 Å². The highest BCUT2D eigenvalue weighted by Crippen LogP contribution is 2.27. The normalized spacial score (nSPS) is 22.2. The third-order valence-corrected chi connectivity index (χ3v) is 3.25. The Kier molecular flexibility index (Phi) is 3.60. The lowest BCUT2D eigenvalue weighted by Gasteiger charge is -2.14. The van der Waals surface area contributed by atoms with Crippen LogP contribution in [-0.2, 0) is 16.1 Å². The fourth-order valence-corrected chi connectivity index (χ4v) is 2.11. The van der Waals surface area contributed by atoms with Crippen LogP contribution in [0.1, 0.15) is 38.3 Å². The van der Waals surface area contributed by atoms with Crippen molar-refractivity contribution in [2.45, 2.75) is 39.2 Å². The molecule has 0 aromatic heterocycles. The van der Waals surface area contributed by atoms with Gasteiger partial charge in [0.1, 0.15) is 0 Å². The number of hydrogen-bond donors (Lipinski definition) is 1. The van der Waals surface area contributed by atoms with Gasteiger partial charge in [-0.3, -0.25) is 0 Å². The van der Waals surface area contributed by atoms with E-state index in [0.717, 1.165) is 12.0 Å². The third-order valence-electron chi connectivity index (χ3n) is 3.25. The summed E-state index contributed by atoms with van der Waals surface area (Å²) in [4.78, 5) is 16.1. The summed E-state index contributed by atoms with van der Waals surface area (Å²) in [6.07, 6.45) is 1.34. The first kappa shape index (κ1) is 13.6. The number of hydrogen-bond acceptors (Lipinski definition) is 3. The van der Waals surface area contributed by atoms with Crippen molar-refractivity contribution in [3.8, 4) is 0 Å². The van der Waals surface area contributed by atoms with Crippen molar-refractivity contribution in [1.82, 2.24) is 0 Å². The van der Waals surface area contributed by atoms with Crippen LogP contribution in [-0.4, -0.2) is 22.4 Å². The molecule has 1 N–H and O–H groups in total. The van der Waals surface area contributed by atoms with Crippen molar-refractivity contribution in [2.75, 3.05) is 0 Å². The molecule has 1 heterocycles. The Balaban J connectivity index is 2.10. The van der Waals surface area contributed by atoms with Crippen molar-refractivity contribution in [1.29, 1.82) is 0 Å². The van der Waals surface area contributed by atoms with Gasteiger partial charge in [0.05, 0.1) is 5.71 Å². The molecule has 102 valence electrons. The van der Waals surface area contributed by atoms with Gasteiger partial charge in [0, 0.05) is 6.42 Å². The fraction of sp³-hybridized carbons (Fsp3) is 0.467. The van der Waals surface area contributed by atoms with Gasteiger partial charge in [-0.05, 0) is 30.4 Å². The molecule has 0 spiro atoms. The molecule has 0 saturated carbocycles. The van der Waals surface area contributed by atoms with E-state index >= 15 is 0 Å². The Bertz CT molecular complexity index is 505. The number of carboxylic acids is 1. The van der Waals surface area contributed by atoms with Gasteiger partial charge < -0.3 is 9.94 Å². The number of carbonyl (C=O) groups is 1. The summed E-state index contributed by atoms with van der Waals surface area (Å²) in [6, 6.07) is 8.09. The van der Waals surface area contributed by atoms with E-state index in [9.17, 15) is 4.79 Å². The highest BCUT2D eigenvalue weighted by Gasteiger charge is 2.42. The third kappa shape index (κ3) is 2.95. The number of nitrogens with zero attached hydrogens (tertiary/aromatic N) is 1. The molecule has 2 rings (SSSR count). The van der Waals surface area contributed by atoms with E-state index in [4.69, 9.17) is 9.94 Å². The van der Waals surface area contributed by atoms with Gasteiger partial charge >= 0.3 is 5.97 Å². The molecule has 1 aliphatic heterocycles. The van der Waals surface area contributed by atoms with E-state index < -0.39 is 11.6 Å². The van der Waals surface area contributed by atoms with Gasteiger partial charge in [-0.2, -0.15) is 0 Å². The van der Waals surface area contributed by atoms with Crippen LogP contribution in [0.5, 0.6) is 0 Å². The SMILES string of the molecule is CC(C)Cc1ccc(C2=NO[C@@](C)(C(=O)O)C2)cc1. The largest absolute Gasteiger partial charge is 0.478 e. The zero-order valence-electron chi connectivity index (χ0n) is 11.5. The maximum atomic E-state index is 11.1. The maximum absolute atomic E-state index is 11.1. The second kappa shape index (κ2) is 5.03. The topological polar surface area (TPSA) is 58.9 Å². The highest BCUT2D eigenvalue weighted by molar-refractivity contribution is 6.04. The second-order valence-electron chi connectivity index (χ2n) is 5.64. The summed E-state index contributed by atoms with van der Waals surface area (Å²) in [5.74, 6) is -0.365. The smallest absolute Gasteiger partial charge is 0.351 e. The fourth-order valence-electron chi connectivity index (χ4n) is 2.11. The molecule has 0 unspecified atom stereocenters. The Hall–Kier alpha value is -1.84. The van der Waals surface area contributed by atoms with E-state index in [1.807, 2.05) is 12.1 Å². The number of oxime groups is 1. The van der Waals surface area contributed by atoms with Gasteiger partial charge in [-0.1, -0.05) is 43.3 Å². The number of benzene rings is 1. The minimum atomic E-state index is -1.23. The molecular weight excluding hydrogens is 242 g/mol. The lowest BCUT2D eigenvalue weighted by molar-refractivity contribution is -0.160. The first-order valence-corrected chi connectivity index (χ1v) is 6.48. The predicted molar refractivity (Wildman–Crippen MR) is 73.3 cm³/mol. The minimum Gasteiger partial charge on any atom is -0.478 e. The molecule has 0 fully saturated rings. The van der Waals surface area contributed by atoms with Crippen molar-refractivity contribution in [2.24, 2.45) is 11.1 Å². The molecule has 0 saturated heterocycles. The average Bonchev–Trinajstić information content (AvgIpc) is 2.74. The molecule has 1 aromatic rings. The Morgan fingerprint density at radius 2 is 2.05 bits per heavy atom. The van der Waals surface area contributed by atoms with E-state index in [-0.39, 0.29) is 0 Å². The van der Waals surface area contributed by atoms with Gasteiger partial charge in [-0.25, -0.2) is 4.79 Å². The van der Waals surface area contributed by atoms with Crippen LogP contribution in [0.15, 0.2) is 29.4 Å². The predicted octanol–water partition coefficient (Wildman–Crippen LogP) is 2.85. The van der Waals surface area contributed by atoms with Crippen molar-refractivity contribution < 1.29 is 14.7 Å². The van der Waals surface area contributed by atoms with Gasteiger partial charge in [0.25, 0.3) is 0 Å². The lowest BCUT2D eigenvalue weighted by Crippen LogP contribution is -2.35. The van der Waals surface area contributed by atoms with Crippen LogP contribution in [0, 0.1) is 5.92 Å². The first-order valence-electron chi connectivity index (χ1n) is 6.48. The van der Waals surface area contributed by atoms with Crippen molar-refractivity contribution in [3.05, 3.63) is 35.4 Å². The zero-order chi connectivity index (χ0) is 14.0. The number of aliphatic carboxylic acids is 1. The Morgan fingerprint density at radius 1 is 1.42 bits per heavy atom. The van der Waals surface area contributed by atoms with E-state index in [0.29, 0.717) is 18.1 Å². The first-order chi connectivity index (χ1) is 8.90. The molecule has 4 heteroatoms. The quantitative estimate of drug-likeness (QED) is 0.906. The van der Waals surface area contributed by atoms with Crippen molar-refractivity contribution >= 4 is 11.7 Å². The zero-order valence-corrected chi connectivity index (χ0v) is 11.5. The molecular formula is C15H19NO3. The molecule has 0 amide bonds. The van der Waals surface area contributed by atoms with Crippen molar-refractivity contribution in [3.63, 3.8) is 0 Å². The van der Waals surface area contributed by atoms with E-state index in [2.05, 4.69) is 31.1 Å². The van der Waals surface area contributed by atoms with E-state index in [1.54, 1.807) is 6.92 Å². The minimum absolute atomic E-state index is 0.297. The summed E-state index contributed by atoms with van der Waals surface area (Å²) >= 11 is 0. The standard InChI is InChI=1S/C15H19NO3/c1-10(2)8-11-4-6-12(7-5-11)13-9-15(3,14(17)18)19-16-13/h4-7,10H,8-9H2,1-3H3,(H,17,18)/t15-/m1/s1. The molecule has 0 bridgehead atoms. The monoisotopic (exact) mass is 261 g/mol. The van der Waals surface area contributed by atoms with Crippen LogP contribution >= 0.6 is 0 Å². The summed E-state index contributed by atoms with van der Waals surface area (Å²) in [5.41, 5.74) is 1.67. The summed E-state index contributed by atoms with van der Waals surface area (Å²) in [7, 11) is 0. The molecule has 1 atom stereocenters. The number of carboxylic acid groups (broad SMARTS) is 1. The summed E-state index contributed by atoms with van der Waals surface area (Å²) in [5, 5.41) is 13.0. The average molecular weight is 261 g/mol. The summed E-state index contributed by atoms with van der Waals surface area (Å²) in [6.45, 7) is 5.90. The molecule has 0 aliphatic carbocycles. The maximum Gasteiger partial charge on any atom is 0.351 e. The van der Waals surface area contributed by atoms with Crippen LogP contribution in [0.3, 0.4) is 0 Å². The second-order valence-corrected chi connectivity index (χ2v) is 5.64. The molecule has 4 nitrogen and oxygen atoms in total. The van der Waals surface area contributed by atoms with E-state index in [1.165, 1.54) is 5.56 Å².